The Labute approximate surface area is 228 Å². The summed E-state index contributed by atoms with van der Waals surface area (Å²) in [6.45, 7) is 0. The molecule has 2 heterocycles. The standard InChI is InChI=1S/C27H23Cl2N3O5P/c1-31-16-30-15-25(31)27(37-38(34,35)36,18-6-9-20(28)10-7-18)19-8-11-24-23(13-19)22(14-26(33)32(24)2)17-4-3-5-21(29)12-17/h3-16,34-36H,1-2H3/q+1/t27-/m1/s1. The van der Waals surface area contributed by atoms with Gasteiger partial charge in [-0.25, -0.2) is 4.98 Å². The molecular formula is C27H23Cl2N3O5P+. The van der Waals surface area contributed by atoms with Crippen LogP contribution in [-0.4, -0.2) is 28.8 Å². The van der Waals surface area contributed by atoms with E-state index in [1.165, 1.54) is 23.2 Å². The Balaban J connectivity index is 1.91. The van der Waals surface area contributed by atoms with E-state index in [4.69, 9.17) is 27.7 Å². The molecule has 1 atom stereocenters. The van der Waals surface area contributed by atoms with Gasteiger partial charge in [-0.15, -0.1) is 4.52 Å². The summed E-state index contributed by atoms with van der Waals surface area (Å²) in [7, 11) is -1.45. The van der Waals surface area contributed by atoms with Gasteiger partial charge in [0.25, 0.3) is 5.56 Å². The Morgan fingerprint density at radius 1 is 0.895 bits per heavy atom. The summed E-state index contributed by atoms with van der Waals surface area (Å²) in [6, 6.07) is 20.5. The van der Waals surface area contributed by atoms with Crippen molar-refractivity contribution in [3.63, 3.8) is 0 Å². The Hall–Kier alpha value is -3.07. The average molecular weight is 571 g/mol. The summed E-state index contributed by atoms with van der Waals surface area (Å²) in [4.78, 5) is 47.9. The smallest absolute Gasteiger partial charge is 0.334 e. The highest BCUT2D eigenvalue weighted by atomic mass is 35.5. The second kappa shape index (κ2) is 9.91. The maximum absolute atomic E-state index is 12.9. The summed E-state index contributed by atoms with van der Waals surface area (Å²) < 4.78 is 8.99. The molecule has 8 nitrogen and oxygen atoms in total. The summed E-state index contributed by atoms with van der Waals surface area (Å²) in [5.41, 5.74) is 1.36. The summed E-state index contributed by atoms with van der Waals surface area (Å²) >= 11 is 12.4. The zero-order valence-electron chi connectivity index (χ0n) is 20.3. The molecule has 5 aromatic rings. The number of aromatic nitrogens is 3. The fourth-order valence-electron chi connectivity index (χ4n) is 4.75. The Bertz CT molecular complexity index is 1710. The zero-order chi connectivity index (χ0) is 27.2. The van der Waals surface area contributed by atoms with Gasteiger partial charge >= 0.3 is 8.17 Å². The lowest BCUT2D eigenvalue weighted by molar-refractivity contribution is 0.0685. The van der Waals surface area contributed by atoms with Gasteiger partial charge < -0.3 is 9.13 Å². The fourth-order valence-corrected chi connectivity index (χ4v) is 5.74. The van der Waals surface area contributed by atoms with Crippen LogP contribution in [0.2, 0.25) is 10.0 Å². The van der Waals surface area contributed by atoms with Crippen molar-refractivity contribution in [3.05, 3.63) is 123 Å². The van der Waals surface area contributed by atoms with E-state index in [2.05, 4.69) is 4.98 Å². The number of fused-ring (bicyclic) bond motifs is 1. The van der Waals surface area contributed by atoms with Crippen molar-refractivity contribution < 1.29 is 19.2 Å². The molecule has 0 aliphatic carbocycles. The largest absolute Gasteiger partial charge is 0.569 e. The third-order valence-corrected chi connectivity index (χ3v) is 7.48. The Morgan fingerprint density at radius 2 is 1.61 bits per heavy atom. The SMILES string of the molecule is Cn1cncc1[C@@](O[P+](O)(O)O)(c1ccc(Cl)cc1)c1ccc2c(c1)c(-c1cccc(Cl)c1)cc(=O)n2C. The lowest BCUT2D eigenvalue weighted by Gasteiger charge is -2.32. The minimum Gasteiger partial charge on any atom is -0.334 e. The van der Waals surface area contributed by atoms with Crippen molar-refractivity contribution in [3.8, 4) is 11.1 Å². The van der Waals surface area contributed by atoms with E-state index in [0.29, 0.717) is 43.3 Å². The molecule has 0 saturated heterocycles. The van der Waals surface area contributed by atoms with E-state index < -0.39 is 13.8 Å². The lowest BCUT2D eigenvalue weighted by atomic mass is 9.82. The van der Waals surface area contributed by atoms with Gasteiger partial charge in [-0.3, -0.25) is 4.79 Å². The van der Waals surface area contributed by atoms with Gasteiger partial charge in [0, 0.05) is 35.6 Å². The van der Waals surface area contributed by atoms with Crippen LogP contribution in [0.5, 0.6) is 0 Å². The minimum absolute atomic E-state index is 0.210. The van der Waals surface area contributed by atoms with Crippen LogP contribution in [-0.2, 0) is 24.2 Å². The fraction of sp³-hybridized carbons (Fsp3) is 0.111. The summed E-state index contributed by atoms with van der Waals surface area (Å²) in [5.74, 6) is 0. The Kier molecular flexibility index (Phi) is 6.92. The molecule has 0 fully saturated rings. The van der Waals surface area contributed by atoms with Crippen molar-refractivity contribution in [1.82, 2.24) is 14.1 Å². The van der Waals surface area contributed by atoms with Gasteiger partial charge in [0.2, 0.25) is 5.60 Å². The number of rotatable bonds is 6. The molecule has 2 aromatic heterocycles. The lowest BCUT2D eigenvalue weighted by Crippen LogP contribution is -2.35. The van der Waals surface area contributed by atoms with Crippen LogP contribution in [0.3, 0.4) is 0 Å². The van der Waals surface area contributed by atoms with Crippen LogP contribution in [0.25, 0.3) is 22.0 Å². The highest BCUT2D eigenvalue weighted by molar-refractivity contribution is 7.53. The van der Waals surface area contributed by atoms with E-state index in [-0.39, 0.29) is 5.56 Å². The number of halogens is 2. The molecule has 0 radical (unpaired) electrons. The van der Waals surface area contributed by atoms with Crippen molar-refractivity contribution in [2.45, 2.75) is 5.60 Å². The Morgan fingerprint density at radius 3 is 2.24 bits per heavy atom. The summed E-state index contributed by atoms with van der Waals surface area (Å²) in [5, 5.41) is 1.65. The monoisotopic (exact) mass is 570 g/mol. The van der Waals surface area contributed by atoms with Crippen LogP contribution < -0.4 is 5.56 Å². The third-order valence-electron chi connectivity index (χ3n) is 6.48. The number of benzene rings is 3. The van der Waals surface area contributed by atoms with Crippen molar-refractivity contribution in [1.29, 1.82) is 0 Å². The van der Waals surface area contributed by atoms with Gasteiger partial charge in [-0.05, 0) is 58.7 Å². The van der Waals surface area contributed by atoms with E-state index >= 15 is 0 Å². The predicted molar refractivity (Wildman–Crippen MR) is 149 cm³/mol. The molecule has 5 rings (SSSR count). The molecule has 0 unspecified atom stereocenters. The topological polar surface area (TPSA) is 110 Å². The second-order valence-corrected chi connectivity index (χ2v) is 11.0. The van der Waals surface area contributed by atoms with Crippen LogP contribution in [0.15, 0.2) is 90.1 Å². The highest BCUT2D eigenvalue weighted by Crippen LogP contribution is 2.57. The molecule has 11 heteroatoms. The van der Waals surface area contributed by atoms with Gasteiger partial charge in [0.1, 0.15) is 0 Å². The first kappa shape index (κ1) is 26.5. The molecule has 0 saturated carbocycles. The average Bonchev–Trinajstić information content (AvgIpc) is 3.30. The van der Waals surface area contributed by atoms with E-state index in [0.717, 1.165) is 5.56 Å². The maximum Gasteiger partial charge on any atom is 0.569 e. The van der Waals surface area contributed by atoms with Crippen LogP contribution in [0, 0.1) is 0 Å². The van der Waals surface area contributed by atoms with E-state index in [1.54, 1.807) is 79.3 Å². The molecule has 194 valence electrons. The molecule has 38 heavy (non-hydrogen) atoms. The number of nitrogens with zero attached hydrogens (tertiary/aromatic N) is 3. The molecular weight excluding hydrogens is 548 g/mol. The number of hydrogen-bond acceptors (Lipinski definition) is 6. The van der Waals surface area contributed by atoms with Crippen LogP contribution >= 0.6 is 31.4 Å². The van der Waals surface area contributed by atoms with Gasteiger partial charge in [0.15, 0.2) is 0 Å². The molecule has 3 aromatic carbocycles. The van der Waals surface area contributed by atoms with Gasteiger partial charge in [0.05, 0.1) is 23.7 Å². The second-order valence-electron chi connectivity index (χ2n) is 8.88. The highest BCUT2D eigenvalue weighted by Gasteiger charge is 2.53. The first-order valence-corrected chi connectivity index (χ1v) is 13.7. The minimum atomic E-state index is -4.84. The summed E-state index contributed by atoms with van der Waals surface area (Å²) in [6.07, 6.45) is 3.06. The maximum atomic E-state index is 12.9. The van der Waals surface area contributed by atoms with E-state index in [9.17, 15) is 19.5 Å². The molecule has 0 aliphatic heterocycles. The normalized spacial score (nSPS) is 13.6. The number of hydrogen-bond donors (Lipinski definition) is 3. The first-order chi connectivity index (χ1) is 18.0. The van der Waals surface area contributed by atoms with Crippen molar-refractivity contribution in [2.75, 3.05) is 0 Å². The van der Waals surface area contributed by atoms with Crippen molar-refractivity contribution >= 4 is 42.3 Å². The molecule has 0 spiro atoms. The number of imidazole rings is 1. The van der Waals surface area contributed by atoms with Crippen LogP contribution in [0.1, 0.15) is 16.8 Å². The van der Waals surface area contributed by atoms with Crippen molar-refractivity contribution in [2.24, 2.45) is 14.1 Å². The molecule has 0 amide bonds. The quantitative estimate of drug-likeness (QED) is 0.242. The predicted octanol–water partition coefficient (Wildman–Crippen LogP) is 5.21. The van der Waals surface area contributed by atoms with Gasteiger partial charge in [-0.2, -0.15) is 14.7 Å². The van der Waals surface area contributed by atoms with Gasteiger partial charge in [-0.1, -0.05) is 53.5 Å². The molecule has 0 bridgehead atoms. The third kappa shape index (κ3) is 4.77. The zero-order valence-corrected chi connectivity index (χ0v) is 22.7. The number of aryl methyl sites for hydroxylation is 2. The number of pyridine rings is 1. The molecule has 3 N–H and O–H groups in total. The van der Waals surface area contributed by atoms with E-state index in [1.807, 2.05) is 6.07 Å². The molecule has 0 aliphatic rings. The van der Waals surface area contributed by atoms with Crippen LogP contribution in [0.4, 0.5) is 0 Å². The first-order valence-electron chi connectivity index (χ1n) is 11.4.